The molecule has 4 nitrogen and oxygen atoms in total. The van der Waals surface area contributed by atoms with Crippen molar-refractivity contribution in [2.24, 2.45) is 5.92 Å². The first-order valence-electron chi connectivity index (χ1n) is 5.31. The van der Waals surface area contributed by atoms with Gasteiger partial charge < -0.3 is 18.9 Å². The van der Waals surface area contributed by atoms with Gasteiger partial charge in [0.1, 0.15) is 14.0 Å². The van der Waals surface area contributed by atoms with Crippen LogP contribution in [-0.2, 0) is 25.8 Å². The number of ether oxygens (including phenoxy) is 2. The Morgan fingerprint density at radius 3 is 2.69 bits per heavy atom. The van der Waals surface area contributed by atoms with Crippen molar-refractivity contribution in [2.45, 2.75) is 32.1 Å². The molecule has 0 spiro atoms. The normalized spacial score (nSPS) is 38.5. The monoisotopic (exact) mass is 264 g/mol. The van der Waals surface area contributed by atoms with E-state index in [1.54, 1.807) is 7.11 Å². The van der Waals surface area contributed by atoms with E-state index in [-0.39, 0.29) is 18.1 Å². The van der Waals surface area contributed by atoms with Gasteiger partial charge in [-0.2, -0.15) is 0 Å². The smallest absolute Gasteiger partial charge is 0.186 e. The third-order valence-electron chi connectivity index (χ3n) is 2.75. The van der Waals surface area contributed by atoms with E-state index in [9.17, 15) is 4.89 Å². The summed E-state index contributed by atoms with van der Waals surface area (Å²) in [7, 11) is 7.38. The molecule has 0 amide bonds. The zero-order valence-electron chi connectivity index (χ0n) is 9.83. The maximum absolute atomic E-state index is 9.84. The van der Waals surface area contributed by atoms with Gasteiger partial charge in [0.2, 0.25) is 0 Å². The summed E-state index contributed by atoms with van der Waals surface area (Å²) < 4.78 is 16.1. The molecule has 0 saturated carbocycles. The first-order valence-corrected chi connectivity index (χ1v) is 8.17. The summed E-state index contributed by atoms with van der Waals surface area (Å²) in [5.41, 5.74) is 0. The minimum Gasteiger partial charge on any atom is -0.382 e. The Hall–Kier alpha value is 0.555. The molecule has 0 aromatic rings. The average Bonchev–Trinajstić information content (AvgIpc) is 2.47. The summed E-state index contributed by atoms with van der Waals surface area (Å²) in [4.78, 5) is 9.84. The average molecular weight is 264 g/mol. The molecule has 16 heavy (non-hydrogen) atoms. The SMILES string of the molecule is [B][C@@H]1O[C@H](COC)C(OP(O)(=S)CC)[C@@H]1C. The summed E-state index contributed by atoms with van der Waals surface area (Å²) >= 11 is 5.02. The van der Waals surface area contributed by atoms with Crippen molar-refractivity contribution < 1.29 is 18.9 Å². The van der Waals surface area contributed by atoms with E-state index in [4.69, 9.17) is 33.7 Å². The third-order valence-corrected chi connectivity index (χ3v) is 5.16. The van der Waals surface area contributed by atoms with Gasteiger partial charge in [0.05, 0.1) is 12.7 Å². The molecule has 0 bridgehead atoms. The second-order valence-corrected chi connectivity index (χ2v) is 7.81. The van der Waals surface area contributed by atoms with E-state index < -0.39 is 12.5 Å². The molecule has 1 saturated heterocycles. The minimum absolute atomic E-state index is 0.00109. The van der Waals surface area contributed by atoms with Crippen molar-refractivity contribution in [2.75, 3.05) is 19.9 Å². The van der Waals surface area contributed by atoms with Crippen LogP contribution in [0.3, 0.4) is 0 Å². The summed E-state index contributed by atoms with van der Waals surface area (Å²) in [6.45, 7) is 1.42. The second kappa shape index (κ2) is 5.94. The van der Waals surface area contributed by atoms with E-state index in [0.29, 0.717) is 12.8 Å². The number of hydrogen-bond donors (Lipinski definition) is 1. The third kappa shape index (κ3) is 3.52. The molecule has 1 heterocycles. The van der Waals surface area contributed by atoms with Crippen molar-refractivity contribution in [1.29, 1.82) is 0 Å². The Labute approximate surface area is 103 Å². The zero-order chi connectivity index (χ0) is 12.3. The number of hydrogen-bond acceptors (Lipinski definition) is 4. The van der Waals surface area contributed by atoms with Gasteiger partial charge in [-0.1, -0.05) is 13.8 Å². The van der Waals surface area contributed by atoms with Gasteiger partial charge in [-0.25, -0.2) is 0 Å². The van der Waals surface area contributed by atoms with Crippen molar-refractivity contribution in [3.05, 3.63) is 0 Å². The standard InChI is InChI=1S/C9H18BO4PS/c1-4-15(11,16)14-8-6(2)9(10)13-7(8)5-12-3/h6-9H,4-5H2,1-3H3,(H,11,16)/t6-,7+,8?,9+,15?/m0/s1. The molecule has 5 atom stereocenters. The van der Waals surface area contributed by atoms with Crippen LogP contribution in [0.25, 0.3) is 0 Å². The Balaban J connectivity index is 2.70. The number of rotatable bonds is 5. The predicted molar refractivity (Wildman–Crippen MR) is 67.4 cm³/mol. The topological polar surface area (TPSA) is 47.9 Å². The van der Waals surface area contributed by atoms with Crippen molar-refractivity contribution in [3.8, 4) is 0 Å². The summed E-state index contributed by atoms with van der Waals surface area (Å²) in [5, 5.41) is 0. The predicted octanol–water partition coefficient (Wildman–Crippen LogP) is 0.869. The maximum Gasteiger partial charge on any atom is 0.186 e. The molecule has 1 aliphatic rings. The molecule has 1 N–H and O–H groups in total. The summed E-state index contributed by atoms with van der Waals surface area (Å²) in [5.74, 6) is 0.00109. The Morgan fingerprint density at radius 2 is 2.19 bits per heavy atom. The number of methoxy groups -OCH3 is 1. The van der Waals surface area contributed by atoms with Crippen LogP contribution >= 0.6 is 6.49 Å². The van der Waals surface area contributed by atoms with Gasteiger partial charge >= 0.3 is 0 Å². The van der Waals surface area contributed by atoms with Crippen LogP contribution in [-0.4, -0.2) is 50.8 Å². The molecular weight excluding hydrogens is 246 g/mol. The largest absolute Gasteiger partial charge is 0.382 e. The Bertz CT molecular complexity index is 278. The lowest BCUT2D eigenvalue weighted by molar-refractivity contribution is -0.0105. The fourth-order valence-electron chi connectivity index (χ4n) is 1.66. The molecule has 0 aromatic heterocycles. The lowest BCUT2D eigenvalue weighted by atomic mass is 9.86. The Morgan fingerprint density at radius 1 is 1.56 bits per heavy atom. The molecule has 1 rings (SSSR count). The summed E-state index contributed by atoms with van der Waals surface area (Å²) in [6.07, 6.45) is -0.0951. The van der Waals surface area contributed by atoms with Crippen LogP contribution in [0.1, 0.15) is 13.8 Å². The Kier molecular flexibility index (Phi) is 5.43. The second-order valence-electron chi connectivity index (χ2n) is 3.98. The van der Waals surface area contributed by atoms with Crippen molar-refractivity contribution in [1.82, 2.24) is 0 Å². The molecular formula is C9H18BO4PS. The van der Waals surface area contributed by atoms with Crippen LogP contribution < -0.4 is 0 Å². The van der Waals surface area contributed by atoms with Gasteiger partial charge in [0.25, 0.3) is 0 Å². The highest BCUT2D eigenvalue weighted by Gasteiger charge is 2.42. The fourth-order valence-corrected chi connectivity index (χ4v) is 2.81. The van der Waals surface area contributed by atoms with Crippen LogP contribution in [0.5, 0.6) is 0 Å². The molecule has 0 aliphatic carbocycles. The molecule has 2 unspecified atom stereocenters. The van der Waals surface area contributed by atoms with E-state index >= 15 is 0 Å². The highest BCUT2D eigenvalue weighted by Crippen LogP contribution is 2.47. The molecule has 0 aromatic carbocycles. The van der Waals surface area contributed by atoms with E-state index in [2.05, 4.69) is 0 Å². The van der Waals surface area contributed by atoms with Crippen LogP contribution in [0.15, 0.2) is 0 Å². The highest BCUT2D eigenvalue weighted by atomic mass is 32.5. The van der Waals surface area contributed by atoms with Crippen LogP contribution in [0, 0.1) is 5.92 Å². The maximum atomic E-state index is 9.84. The molecule has 7 heteroatoms. The van der Waals surface area contributed by atoms with Crippen LogP contribution in [0.2, 0.25) is 0 Å². The van der Waals surface area contributed by atoms with Gasteiger partial charge in [-0.15, -0.1) is 0 Å². The van der Waals surface area contributed by atoms with E-state index in [1.165, 1.54) is 0 Å². The van der Waals surface area contributed by atoms with Crippen molar-refractivity contribution >= 4 is 26.1 Å². The molecule has 2 radical (unpaired) electrons. The first-order chi connectivity index (χ1) is 7.41. The van der Waals surface area contributed by atoms with Crippen molar-refractivity contribution in [3.63, 3.8) is 0 Å². The van der Waals surface area contributed by atoms with Gasteiger partial charge in [0, 0.05) is 25.2 Å². The van der Waals surface area contributed by atoms with E-state index in [0.717, 1.165) is 0 Å². The van der Waals surface area contributed by atoms with E-state index in [1.807, 2.05) is 13.8 Å². The minimum atomic E-state index is -2.71. The molecule has 1 fully saturated rings. The highest BCUT2D eigenvalue weighted by molar-refractivity contribution is 8.09. The quantitative estimate of drug-likeness (QED) is 0.589. The lowest BCUT2D eigenvalue weighted by Gasteiger charge is -2.25. The van der Waals surface area contributed by atoms with Gasteiger partial charge in [-0.05, 0) is 11.8 Å². The lowest BCUT2D eigenvalue weighted by Crippen LogP contribution is -2.31. The summed E-state index contributed by atoms with van der Waals surface area (Å²) in [6, 6.07) is -0.392. The zero-order valence-corrected chi connectivity index (χ0v) is 11.5. The van der Waals surface area contributed by atoms with Crippen LogP contribution in [0.4, 0.5) is 0 Å². The molecule has 92 valence electrons. The molecule has 1 aliphatic heterocycles. The first kappa shape index (κ1) is 14.6. The fraction of sp³-hybridized carbons (Fsp3) is 1.00. The van der Waals surface area contributed by atoms with Gasteiger partial charge in [0.15, 0.2) is 6.49 Å². The van der Waals surface area contributed by atoms with Gasteiger partial charge in [-0.3, -0.25) is 0 Å².